The predicted molar refractivity (Wildman–Crippen MR) is 156 cm³/mol. The maximum Gasteiger partial charge on any atom is 0.417 e. The number of hydrogen-bond acceptors (Lipinski definition) is 9. The molecule has 11 nitrogen and oxygen atoms in total. The zero-order chi connectivity index (χ0) is 29.1. The molecule has 1 amide bonds. The number of aromatic nitrogens is 3. The molecule has 0 atom stereocenters. The lowest BCUT2D eigenvalue weighted by atomic mass is 10.0. The quantitative estimate of drug-likeness (QED) is 0.213. The first kappa shape index (κ1) is 28.2. The summed E-state index contributed by atoms with van der Waals surface area (Å²) < 4.78 is 10.5. The molecule has 2 aromatic carbocycles. The van der Waals surface area contributed by atoms with Crippen LogP contribution in [0.2, 0.25) is 5.15 Å². The lowest BCUT2D eigenvalue weighted by Gasteiger charge is -2.37. The van der Waals surface area contributed by atoms with Crippen molar-refractivity contribution in [2.45, 2.75) is 32.2 Å². The van der Waals surface area contributed by atoms with Crippen molar-refractivity contribution in [3.05, 3.63) is 74.4 Å². The number of piperidine rings is 1. The first-order valence-electron chi connectivity index (χ1n) is 13.3. The number of benzene rings is 2. The predicted octanol–water partition coefficient (Wildman–Crippen LogP) is 3.82. The summed E-state index contributed by atoms with van der Waals surface area (Å²) in [6.07, 6.45) is 3.10. The van der Waals surface area contributed by atoms with Crippen LogP contribution < -0.4 is 20.7 Å². The van der Waals surface area contributed by atoms with E-state index in [9.17, 15) is 14.4 Å². The number of halogens is 1. The minimum atomic E-state index is -0.585. The van der Waals surface area contributed by atoms with Crippen LogP contribution >= 0.6 is 11.6 Å². The molecule has 2 N–H and O–H groups in total. The van der Waals surface area contributed by atoms with Crippen molar-refractivity contribution in [1.82, 2.24) is 20.1 Å². The third-order valence-electron chi connectivity index (χ3n) is 7.59. The zero-order valence-corrected chi connectivity index (χ0v) is 23.8. The van der Waals surface area contributed by atoms with Gasteiger partial charge in [-0.25, -0.2) is 4.79 Å². The van der Waals surface area contributed by atoms with Crippen LogP contribution in [0.4, 0.5) is 11.5 Å². The minimum absolute atomic E-state index is 0.00693. The van der Waals surface area contributed by atoms with Crippen LogP contribution in [0.15, 0.2) is 45.6 Å². The number of nitrogens with one attached hydrogen (secondary N) is 2. The van der Waals surface area contributed by atoms with Gasteiger partial charge in [0.1, 0.15) is 5.75 Å². The van der Waals surface area contributed by atoms with Crippen molar-refractivity contribution < 1.29 is 18.7 Å². The van der Waals surface area contributed by atoms with Gasteiger partial charge < -0.3 is 24.3 Å². The molecule has 1 saturated heterocycles. The van der Waals surface area contributed by atoms with Gasteiger partial charge in [-0.3, -0.25) is 14.6 Å². The highest BCUT2D eigenvalue weighted by molar-refractivity contribution is 6.33. The van der Waals surface area contributed by atoms with Crippen LogP contribution in [-0.2, 0) is 11.2 Å². The van der Waals surface area contributed by atoms with Gasteiger partial charge in [-0.05, 0) is 73.7 Å². The molecule has 4 aromatic rings. The molecule has 1 fully saturated rings. The molecule has 0 radical (unpaired) electrons. The Morgan fingerprint density at radius 1 is 1.24 bits per heavy atom. The molecule has 0 unspecified atom stereocenters. The number of amides is 1. The average Bonchev–Trinajstić information content (AvgIpc) is 3.38. The van der Waals surface area contributed by atoms with Gasteiger partial charge in [0.25, 0.3) is 0 Å². The molecule has 2 aromatic heterocycles. The first-order valence-corrected chi connectivity index (χ1v) is 13.7. The summed E-state index contributed by atoms with van der Waals surface area (Å²) >= 11 is 6.30. The van der Waals surface area contributed by atoms with Gasteiger partial charge in [0.2, 0.25) is 6.41 Å². The largest absolute Gasteiger partial charge is 0.497 e. The summed E-state index contributed by atoms with van der Waals surface area (Å²) in [4.78, 5) is 43.6. The molecule has 5 rings (SSSR count). The van der Waals surface area contributed by atoms with Crippen LogP contribution in [0.1, 0.15) is 39.9 Å². The smallest absolute Gasteiger partial charge is 0.417 e. The van der Waals surface area contributed by atoms with Gasteiger partial charge >= 0.3 is 5.76 Å². The summed E-state index contributed by atoms with van der Waals surface area (Å²) in [5, 5.41) is 11.5. The summed E-state index contributed by atoms with van der Waals surface area (Å²) in [6, 6.07) is 10.8. The van der Waals surface area contributed by atoms with Crippen molar-refractivity contribution in [3.63, 3.8) is 0 Å². The van der Waals surface area contributed by atoms with Gasteiger partial charge in [-0.1, -0.05) is 11.6 Å². The number of hydrogen-bond donors (Lipinski definition) is 2. The Bertz CT molecular complexity index is 1640. The van der Waals surface area contributed by atoms with Crippen molar-refractivity contribution in [3.8, 4) is 5.75 Å². The van der Waals surface area contributed by atoms with Crippen molar-refractivity contribution in [2.24, 2.45) is 0 Å². The third kappa shape index (κ3) is 5.90. The van der Waals surface area contributed by atoms with Crippen LogP contribution in [0.25, 0.3) is 11.1 Å². The molecule has 214 valence electrons. The molecule has 0 spiro atoms. The number of carbonyl (C=O) groups is 2. The number of aromatic amines is 1. The van der Waals surface area contributed by atoms with Gasteiger partial charge in [-0.15, -0.1) is 10.2 Å². The normalized spacial score (nSPS) is 13.8. The topological polar surface area (TPSA) is 134 Å². The highest BCUT2D eigenvalue weighted by Crippen LogP contribution is 2.27. The van der Waals surface area contributed by atoms with E-state index in [4.69, 9.17) is 20.8 Å². The number of ketones is 1. The Balaban J connectivity index is 1.26. The molecule has 3 heterocycles. The molecule has 0 bridgehead atoms. The number of nitrogens with zero attached hydrogens (tertiary/aromatic N) is 4. The molecular formula is C29H31ClN6O5. The lowest BCUT2D eigenvalue weighted by Crippen LogP contribution is -2.45. The summed E-state index contributed by atoms with van der Waals surface area (Å²) in [6.45, 7) is 3.64. The van der Waals surface area contributed by atoms with E-state index in [0.29, 0.717) is 54.1 Å². The number of H-pyrrole nitrogens is 1. The van der Waals surface area contributed by atoms with Gasteiger partial charge in [0.15, 0.2) is 22.3 Å². The van der Waals surface area contributed by atoms with Crippen LogP contribution in [0.5, 0.6) is 5.75 Å². The highest BCUT2D eigenvalue weighted by Gasteiger charge is 2.26. The van der Waals surface area contributed by atoms with Gasteiger partial charge in [0.05, 0.1) is 18.2 Å². The fraction of sp³-hybridized carbons (Fsp3) is 0.345. The molecule has 41 heavy (non-hydrogen) atoms. The van der Waals surface area contributed by atoms with Crippen molar-refractivity contribution in [1.29, 1.82) is 0 Å². The second kappa shape index (κ2) is 12.0. The van der Waals surface area contributed by atoms with E-state index >= 15 is 0 Å². The molecule has 0 saturated carbocycles. The van der Waals surface area contributed by atoms with Crippen molar-refractivity contribution >= 4 is 46.4 Å². The fourth-order valence-corrected chi connectivity index (χ4v) is 5.51. The number of rotatable bonds is 10. The fourth-order valence-electron chi connectivity index (χ4n) is 5.34. The van der Waals surface area contributed by atoms with E-state index in [1.807, 2.05) is 35.0 Å². The number of oxazole rings is 1. The maximum absolute atomic E-state index is 13.4. The van der Waals surface area contributed by atoms with E-state index in [2.05, 4.69) is 20.5 Å². The molecular weight excluding hydrogens is 548 g/mol. The number of aryl methyl sites for hydroxylation is 1. The van der Waals surface area contributed by atoms with Gasteiger partial charge in [-0.2, -0.15) is 0 Å². The van der Waals surface area contributed by atoms with E-state index < -0.39 is 5.76 Å². The second-order valence-corrected chi connectivity index (χ2v) is 10.4. The Morgan fingerprint density at radius 2 is 2.02 bits per heavy atom. The SMILES string of the molecule is CNc1ccc(OC)cc1CCN(C=O)C1CCN(c2cc(C(=O)c3cc(C)c4[nH]c(=O)oc4c3)c(Cl)nn2)CC1. The Labute approximate surface area is 241 Å². The standard InChI is InChI=1S/C29H31ClN6O5/c1-17-12-19(14-24-26(17)32-29(39)41-24)27(38)22-15-25(33-34-28(22)30)35-10-7-20(8-11-35)36(16-37)9-6-18-13-21(40-3)4-5-23(18)31-2/h4-5,12-16,20,31H,6-11H2,1-3H3,(H,32,39). The van der Waals surface area contributed by atoms with E-state index in [-0.39, 0.29) is 22.5 Å². The molecule has 1 aliphatic rings. The number of carbonyl (C=O) groups excluding carboxylic acids is 2. The van der Waals surface area contributed by atoms with Crippen LogP contribution in [0.3, 0.4) is 0 Å². The van der Waals surface area contributed by atoms with E-state index in [1.165, 1.54) is 6.07 Å². The number of anilines is 2. The zero-order valence-electron chi connectivity index (χ0n) is 23.1. The molecule has 0 aliphatic carbocycles. The Kier molecular flexibility index (Phi) is 8.25. The van der Waals surface area contributed by atoms with Crippen LogP contribution in [0, 0.1) is 6.92 Å². The number of methoxy groups -OCH3 is 1. The van der Waals surface area contributed by atoms with E-state index in [1.54, 1.807) is 26.2 Å². The monoisotopic (exact) mass is 578 g/mol. The number of fused-ring (bicyclic) bond motifs is 1. The third-order valence-corrected chi connectivity index (χ3v) is 7.86. The number of ether oxygens (including phenoxy) is 1. The maximum atomic E-state index is 13.4. The Morgan fingerprint density at radius 3 is 2.73 bits per heavy atom. The Hall–Kier alpha value is -4.38. The van der Waals surface area contributed by atoms with Crippen molar-refractivity contribution in [2.75, 3.05) is 44.0 Å². The minimum Gasteiger partial charge on any atom is -0.497 e. The van der Waals surface area contributed by atoms with E-state index in [0.717, 1.165) is 36.3 Å². The summed E-state index contributed by atoms with van der Waals surface area (Å²) in [5.74, 6) is 0.382. The molecule has 12 heteroatoms. The van der Waals surface area contributed by atoms with Gasteiger partial charge in [0, 0.05) is 44.0 Å². The summed E-state index contributed by atoms with van der Waals surface area (Å²) in [7, 11) is 3.51. The summed E-state index contributed by atoms with van der Waals surface area (Å²) in [5.41, 5.74) is 4.17. The first-order chi connectivity index (χ1) is 19.8. The van der Waals surface area contributed by atoms with Crippen LogP contribution in [-0.4, -0.2) is 72.1 Å². The lowest BCUT2D eigenvalue weighted by molar-refractivity contribution is -0.120. The highest BCUT2D eigenvalue weighted by atomic mass is 35.5. The average molecular weight is 579 g/mol. The second-order valence-electron chi connectivity index (χ2n) is 10.0. The molecule has 1 aliphatic heterocycles.